The van der Waals surface area contributed by atoms with Crippen molar-refractivity contribution in [2.75, 3.05) is 36.0 Å². The van der Waals surface area contributed by atoms with E-state index in [1.165, 1.54) is 0 Å². The van der Waals surface area contributed by atoms with Gasteiger partial charge in [0, 0.05) is 52.0 Å². The number of nitrogens with zero attached hydrogens (tertiary/aromatic N) is 7. The highest BCUT2D eigenvalue weighted by Gasteiger charge is 2.22. The highest BCUT2D eigenvalue weighted by atomic mass is 16.1. The predicted octanol–water partition coefficient (Wildman–Crippen LogP) is 1.51. The molecule has 4 heterocycles. The molecule has 0 unspecified atom stereocenters. The first-order valence-corrected chi connectivity index (χ1v) is 9.37. The summed E-state index contributed by atoms with van der Waals surface area (Å²) in [5.74, 6) is 2.23. The third-order valence-corrected chi connectivity index (χ3v) is 4.93. The van der Waals surface area contributed by atoms with Crippen LogP contribution < -0.4 is 15.4 Å². The monoisotopic (exact) mass is 367 g/mol. The Morgan fingerprint density at radius 3 is 2.52 bits per heavy atom. The highest BCUT2D eigenvalue weighted by Crippen LogP contribution is 2.25. The van der Waals surface area contributed by atoms with Crippen molar-refractivity contribution in [1.29, 1.82) is 0 Å². The van der Waals surface area contributed by atoms with Gasteiger partial charge >= 0.3 is 0 Å². The Morgan fingerprint density at radius 1 is 1.04 bits per heavy atom. The molecule has 142 valence electrons. The standard InChI is InChI=1S/C19H25N7O/c1-14(2)12-26-17(27)5-4-16(22-26)24-8-10-25(11-9-24)19-15-6-7-23(3)18(15)20-13-21-19/h4-7,13-14H,8-12H2,1-3H3. The van der Waals surface area contributed by atoms with Crippen LogP contribution >= 0.6 is 0 Å². The van der Waals surface area contributed by atoms with Crippen molar-refractivity contribution in [3.8, 4) is 0 Å². The van der Waals surface area contributed by atoms with Gasteiger partial charge in [-0.3, -0.25) is 4.79 Å². The van der Waals surface area contributed by atoms with E-state index in [1.807, 2.05) is 23.9 Å². The van der Waals surface area contributed by atoms with Gasteiger partial charge in [-0.05, 0) is 18.1 Å². The fourth-order valence-corrected chi connectivity index (χ4v) is 3.55. The van der Waals surface area contributed by atoms with E-state index in [4.69, 9.17) is 0 Å². The predicted molar refractivity (Wildman–Crippen MR) is 106 cm³/mol. The Labute approximate surface area is 158 Å². The van der Waals surface area contributed by atoms with Crippen LogP contribution in [0.1, 0.15) is 13.8 Å². The molecule has 1 fully saturated rings. The summed E-state index contributed by atoms with van der Waals surface area (Å²) in [6.07, 6.45) is 3.65. The molecule has 0 aliphatic carbocycles. The highest BCUT2D eigenvalue weighted by molar-refractivity contribution is 5.87. The molecule has 27 heavy (non-hydrogen) atoms. The first kappa shape index (κ1) is 17.5. The Morgan fingerprint density at radius 2 is 1.78 bits per heavy atom. The molecule has 8 nitrogen and oxygen atoms in total. The molecule has 1 aliphatic rings. The van der Waals surface area contributed by atoms with Crippen molar-refractivity contribution in [2.45, 2.75) is 20.4 Å². The van der Waals surface area contributed by atoms with E-state index < -0.39 is 0 Å². The van der Waals surface area contributed by atoms with E-state index in [1.54, 1.807) is 17.1 Å². The first-order valence-electron chi connectivity index (χ1n) is 9.37. The van der Waals surface area contributed by atoms with Crippen LogP contribution in [0.15, 0.2) is 35.5 Å². The smallest absolute Gasteiger partial charge is 0.266 e. The summed E-state index contributed by atoms with van der Waals surface area (Å²) in [5, 5.41) is 5.65. The summed E-state index contributed by atoms with van der Waals surface area (Å²) in [6.45, 7) is 8.20. The van der Waals surface area contributed by atoms with Crippen molar-refractivity contribution in [3.05, 3.63) is 41.1 Å². The second-order valence-corrected chi connectivity index (χ2v) is 7.44. The average Bonchev–Trinajstić information content (AvgIpc) is 3.05. The van der Waals surface area contributed by atoms with Gasteiger partial charge in [0.1, 0.15) is 23.6 Å². The zero-order valence-corrected chi connectivity index (χ0v) is 16.0. The van der Waals surface area contributed by atoms with Gasteiger partial charge in [0.05, 0.1) is 5.39 Å². The number of piperazine rings is 1. The summed E-state index contributed by atoms with van der Waals surface area (Å²) in [7, 11) is 1.99. The average molecular weight is 367 g/mol. The van der Waals surface area contributed by atoms with E-state index in [0.717, 1.165) is 48.8 Å². The lowest BCUT2D eigenvalue weighted by Crippen LogP contribution is -2.47. The number of rotatable bonds is 4. The maximum atomic E-state index is 12.0. The molecule has 8 heteroatoms. The zero-order valence-electron chi connectivity index (χ0n) is 16.0. The fraction of sp³-hybridized carbons (Fsp3) is 0.474. The lowest BCUT2D eigenvalue weighted by Gasteiger charge is -2.36. The SMILES string of the molecule is CC(C)Cn1nc(N2CCN(c3ncnc4c3ccn4C)CC2)ccc1=O. The van der Waals surface area contributed by atoms with Crippen LogP contribution in [0.4, 0.5) is 11.6 Å². The molecule has 0 bridgehead atoms. The molecular weight excluding hydrogens is 342 g/mol. The van der Waals surface area contributed by atoms with Crippen LogP contribution in [0.3, 0.4) is 0 Å². The molecule has 0 N–H and O–H groups in total. The van der Waals surface area contributed by atoms with Gasteiger partial charge in [0.25, 0.3) is 5.56 Å². The molecular formula is C19H25N7O. The van der Waals surface area contributed by atoms with E-state index in [-0.39, 0.29) is 5.56 Å². The molecule has 0 atom stereocenters. The summed E-state index contributed by atoms with van der Waals surface area (Å²) >= 11 is 0. The van der Waals surface area contributed by atoms with Gasteiger partial charge in [-0.15, -0.1) is 0 Å². The second kappa shape index (κ2) is 7.02. The minimum atomic E-state index is -0.0430. The third-order valence-electron chi connectivity index (χ3n) is 4.93. The van der Waals surface area contributed by atoms with E-state index in [9.17, 15) is 4.79 Å². The van der Waals surface area contributed by atoms with Crippen LogP contribution in [-0.2, 0) is 13.6 Å². The summed E-state index contributed by atoms with van der Waals surface area (Å²) < 4.78 is 3.59. The van der Waals surface area contributed by atoms with Crippen molar-refractivity contribution in [1.82, 2.24) is 24.3 Å². The fourth-order valence-electron chi connectivity index (χ4n) is 3.55. The summed E-state index contributed by atoms with van der Waals surface area (Å²) in [6, 6.07) is 5.52. The summed E-state index contributed by atoms with van der Waals surface area (Å²) in [4.78, 5) is 25.4. The van der Waals surface area contributed by atoms with Crippen molar-refractivity contribution < 1.29 is 0 Å². The Hall–Kier alpha value is -2.90. The Bertz CT molecular complexity index is 999. The van der Waals surface area contributed by atoms with Crippen molar-refractivity contribution >= 4 is 22.7 Å². The van der Waals surface area contributed by atoms with E-state index in [2.05, 4.69) is 44.8 Å². The molecule has 0 radical (unpaired) electrons. The van der Waals surface area contributed by atoms with Gasteiger partial charge in [0.15, 0.2) is 0 Å². The van der Waals surface area contributed by atoms with Gasteiger partial charge < -0.3 is 14.4 Å². The Balaban J connectivity index is 1.51. The molecule has 1 saturated heterocycles. The second-order valence-electron chi connectivity index (χ2n) is 7.44. The van der Waals surface area contributed by atoms with Crippen LogP contribution in [-0.4, -0.2) is 50.5 Å². The topological polar surface area (TPSA) is 72.1 Å². The number of aromatic nitrogens is 5. The number of anilines is 2. The molecule has 1 aliphatic heterocycles. The zero-order chi connectivity index (χ0) is 19.0. The lowest BCUT2D eigenvalue weighted by molar-refractivity contribution is 0.461. The molecule has 4 rings (SSSR count). The van der Waals surface area contributed by atoms with E-state index in [0.29, 0.717) is 12.5 Å². The van der Waals surface area contributed by atoms with Gasteiger partial charge in [-0.2, -0.15) is 5.10 Å². The number of hydrogen-bond acceptors (Lipinski definition) is 6. The molecule has 3 aromatic heterocycles. The van der Waals surface area contributed by atoms with Gasteiger partial charge in [0.2, 0.25) is 0 Å². The minimum Gasteiger partial charge on any atom is -0.352 e. The van der Waals surface area contributed by atoms with E-state index >= 15 is 0 Å². The number of fused-ring (bicyclic) bond motifs is 1. The van der Waals surface area contributed by atoms with Crippen LogP contribution in [0.25, 0.3) is 11.0 Å². The van der Waals surface area contributed by atoms with Gasteiger partial charge in [-0.25, -0.2) is 14.6 Å². The first-order chi connectivity index (χ1) is 13.0. The number of aryl methyl sites for hydroxylation is 1. The number of hydrogen-bond donors (Lipinski definition) is 0. The molecule has 0 spiro atoms. The van der Waals surface area contributed by atoms with Crippen LogP contribution in [0.2, 0.25) is 0 Å². The molecule has 3 aromatic rings. The van der Waals surface area contributed by atoms with Crippen molar-refractivity contribution in [3.63, 3.8) is 0 Å². The van der Waals surface area contributed by atoms with Crippen LogP contribution in [0.5, 0.6) is 0 Å². The quantitative estimate of drug-likeness (QED) is 0.696. The maximum absolute atomic E-state index is 12.0. The van der Waals surface area contributed by atoms with Crippen LogP contribution in [0, 0.1) is 5.92 Å². The Kier molecular flexibility index (Phi) is 4.55. The summed E-state index contributed by atoms with van der Waals surface area (Å²) in [5.41, 5.74) is 0.906. The third kappa shape index (κ3) is 3.39. The maximum Gasteiger partial charge on any atom is 0.266 e. The largest absolute Gasteiger partial charge is 0.352 e. The normalized spacial score (nSPS) is 15.1. The lowest BCUT2D eigenvalue weighted by atomic mass is 10.2. The van der Waals surface area contributed by atoms with Gasteiger partial charge in [-0.1, -0.05) is 13.8 Å². The molecule has 0 amide bonds. The van der Waals surface area contributed by atoms with Crippen molar-refractivity contribution in [2.24, 2.45) is 13.0 Å². The molecule has 0 aromatic carbocycles. The minimum absolute atomic E-state index is 0.0430. The molecule has 0 saturated carbocycles.